The number of aromatic carboxylic acids is 1. The van der Waals surface area contributed by atoms with E-state index in [1.165, 1.54) is 11.1 Å². The largest absolute Gasteiger partial charge is 0.478 e. The molecule has 0 unspecified atom stereocenters. The fraction of sp³-hybridized carbons (Fsp3) is 0.389. The molecular formula is C18H21N3O3. The lowest BCUT2D eigenvalue weighted by Gasteiger charge is -2.20. The fourth-order valence-corrected chi connectivity index (χ4v) is 3.14. The van der Waals surface area contributed by atoms with Crippen molar-refractivity contribution in [3.8, 4) is 5.69 Å². The van der Waals surface area contributed by atoms with E-state index < -0.39 is 5.97 Å². The average molecular weight is 327 g/mol. The van der Waals surface area contributed by atoms with Gasteiger partial charge < -0.3 is 10.4 Å². The quantitative estimate of drug-likeness (QED) is 0.884. The zero-order chi connectivity index (χ0) is 16.9. The summed E-state index contributed by atoms with van der Waals surface area (Å²) in [4.78, 5) is 23.5. The molecule has 2 N–H and O–H groups in total. The maximum Gasteiger partial charge on any atom is 0.337 e. The van der Waals surface area contributed by atoms with Gasteiger partial charge in [-0.2, -0.15) is 5.10 Å². The molecule has 0 bridgehead atoms. The average Bonchev–Trinajstić information content (AvgIpc) is 3.09. The molecule has 1 amide bonds. The molecule has 1 saturated carbocycles. The number of benzene rings is 1. The molecule has 1 heterocycles. The normalized spacial score (nSPS) is 15.2. The van der Waals surface area contributed by atoms with Crippen LogP contribution in [0.2, 0.25) is 0 Å². The molecule has 0 radical (unpaired) electrons. The number of hydrogen-bond acceptors (Lipinski definition) is 3. The molecular weight excluding hydrogens is 306 g/mol. The van der Waals surface area contributed by atoms with Crippen LogP contribution in [0.15, 0.2) is 36.7 Å². The second-order valence-corrected chi connectivity index (χ2v) is 6.17. The molecule has 1 fully saturated rings. The van der Waals surface area contributed by atoms with E-state index in [4.69, 9.17) is 0 Å². The number of amides is 1. The number of nitrogens with one attached hydrogen (secondary N) is 1. The molecule has 1 aromatic heterocycles. The number of para-hydroxylation sites is 1. The summed E-state index contributed by atoms with van der Waals surface area (Å²) in [6, 6.07) is 6.71. The van der Waals surface area contributed by atoms with Crippen molar-refractivity contribution in [1.82, 2.24) is 15.1 Å². The number of carbonyl (C=O) groups excluding carboxylic acids is 1. The molecule has 2 aromatic rings. The van der Waals surface area contributed by atoms with Gasteiger partial charge in [-0.3, -0.25) is 4.79 Å². The summed E-state index contributed by atoms with van der Waals surface area (Å²) in [5, 5.41) is 16.4. The van der Waals surface area contributed by atoms with Gasteiger partial charge in [0, 0.05) is 24.2 Å². The molecule has 6 heteroatoms. The van der Waals surface area contributed by atoms with Gasteiger partial charge in [-0.25, -0.2) is 9.48 Å². The van der Waals surface area contributed by atoms with Crippen molar-refractivity contribution >= 4 is 11.9 Å². The van der Waals surface area contributed by atoms with Crippen molar-refractivity contribution in [2.75, 3.05) is 0 Å². The third-order valence-electron chi connectivity index (χ3n) is 4.46. The maximum atomic E-state index is 12.2. The zero-order valence-electron chi connectivity index (χ0n) is 13.4. The number of hydrogen-bond donors (Lipinski definition) is 2. The smallest absolute Gasteiger partial charge is 0.337 e. The summed E-state index contributed by atoms with van der Waals surface area (Å²) < 4.78 is 1.53. The highest BCUT2D eigenvalue weighted by atomic mass is 16.4. The molecule has 0 aliphatic heterocycles. The second-order valence-electron chi connectivity index (χ2n) is 6.17. The fourth-order valence-electron chi connectivity index (χ4n) is 3.14. The summed E-state index contributed by atoms with van der Waals surface area (Å²) in [6.45, 7) is 0.407. The predicted molar refractivity (Wildman–Crippen MR) is 88.9 cm³/mol. The van der Waals surface area contributed by atoms with E-state index >= 15 is 0 Å². The van der Waals surface area contributed by atoms with Gasteiger partial charge in [0.05, 0.1) is 17.4 Å². The van der Waals surface area contributed by atoms with Gasteiger partial charge in [-0.15, -0.1) is 0 Å². The Hall–Kier alpha value is -2.63. The summed E-state index contributed by atoms with van der Waals surface area (Å²) in [5.74, 6) is -0.761. The van der Waals surface area contributed by atoms with Crippen molar-refractivity contribution in [3.63, 3.8) is 0 Å². The topological polar surface area (TPSA) is 84.2 Å². The number of nitrogens with zero attached hydrogens (tertiary/aromatic N) is 2. The summed E-state index contributed by atoms with van der Waals surface area (Å²) in [7, 11) is 0. The van der Waals surface area contributed by atoms with Gasteiger partial charge in [0.15, 0.2) is 0 Å². The zero-order valence-corrected chi connectivity index (χ0v) is 13.4. The number of carboxylic acid groups (broad SMARTS) is 1. The lowest BCUT2D eigenvalue weighted by atomic mass is 9.89. The number of aromatic nitrogens is 2. The van der Waals surface area contributed by atoms with Crippen LogP contribution in [0.4, 0.5) is 0 Å². The van der Waals surface area contributed by atoms with E-state index in [9.17, 15) is 14.7 Å². The third kappa shape index (κ3) is 3.64. The molecule has 0 saturated heterocycles. The van der Waals surface area contributed by atoms with E-state index in [0.717, 1.165) is 31.2 Å². The highest BCUT2D eigenvalue weighted by Gasteiger charge is 2.20. The number of carboxylic acids is 1. The number of rotatable bonds is 5. The molecule has 6 nitrogen and oxygen atoms in total. The summed E-state index contributed by atoms with van der Waals surface area (Å²) >= 11 is 0. The van der Waals surface area contributed by atoms with Crippen molar-refractivity contribution in [2.24, 2.45) is 5.92 Å². The van der Waals surface area contributed by atoms with Gasteiger partial charge in [0.2, 0.25) is 5.91 Å². The standard InChI is InChI=1S/C18H21N3O3/c22-17(14-6-2-1-3-7-14)19-10-13-11-20-21(12-13)16-9-5-4-8-15(16)18(23)24/h4-5,8-9,11-12,14H,1-3,6-7,10H2,(H,19,22)(H,23,24). The van der Waals surface area contributed by atoms with Crippen LogP contribution in [0.3, 0.4) is 0 Å². The molecule has 3 rings (SSSR count). The minimum Gasteiger partial charge on any atom is -0.478 e. The van der Waals surface area contributed by atoms with Gasteiger partial charge in [-0.05, 0) is 25.0 Å². The molecule has 24 heavy (non-hydrogen) atoms. The van der Waals surface area contributed by atoms with Crippen molar-refractivity contribution in [3.05, 3.63) is 47.8 Å². The van der Waals surface area contributed by atoms with Crippen LogP contribution in [0, 0.1) is 5.92 Å². The van der Waals surface area contributed by atoms with Gasteiger partial charge >= 0.3 is 5.97 Å². The Morgan fingerprint density at radius 3 is 2.71 bits per heavy atom. The first kappa shape index (κ1) is 16.2. The minimum atomic E-state index is -0.992. The number of carbonyl (C=O) groups is 2. The van der Waals surface area contributed by atoms with Crippen LogP contribution in [0.5, 0.6) is 0 Å². The van der Waals surface area contributed by atoms with Gasteiger partial charge in [0.25, 0.3) is 0 Å². The first-order chi connectivity index (χ1) is 11.6. The van der Waals surface area contributed by atoms with Crippen molar-refractivity contribution in [2.45, 2.75) is 38.6 Å². The second kappa shape index (κ2) is 7.29. The SMILES string of the molecule is O=C(O)c1ccccc1-n1cc(CNC(=O)C2CCCCC2)cn1. The van der Waals surface area contributed by atoms with E-state index in [1.54, 1.807) is 36.7 Å². The van der Waals surface area contributed by atoms with Crippen LogP contribution in [-0.4, -0.2) is 26.8 Å². The molecule has 126 valence electrons. The van der Waals surface area contributed by atoms with E-state index in [1.807, 2.05) is 0 Å². The monoisotopic (exact) mass is 327 g/mol. The Morgan fingerprint density at radius 2 is 1.96 bits per heavy atom. The van der Waals surface area contributed by atoms with Crippen LogP contribution < -0.4 is 5.32 Å². The van der Waals surface area contributed by atoms with Crippen LogP contribution in [-0.2, 0) is 11.3 Å². The Morgan fingerprint density at radius 1 is 1.21 bits per heavy atom. The Balaban J connectivity index is 1.66. The van der Waals surface area contributed by atoms with E-state index in [-0.39, 0.29) is 17.4 Å². The van der Waals surface area contributed by atoms with Crippen LogP contribution in [0.1, 0.15) is 48.0 Å². The van der Waals surface area contributed by atoms with Crippen molar-refractivity contribution < 1.29 is 14.7 Å². The molecule has 0 spiro atoms. The van der Waals surface area contributed by atoms with E-state index in [0.29, 0.717) is 12.2 Å². The maximum absolute atomic E-state index is 12.2. The third-order valence-corrected chi connectivity index (χ3v) is 4.46. The first-order valence-electron chi connectivity index (χ1n) is 8.29. The van der Waals surface area contributed by atoms with Gasteiger partial charge in [0.1, 0.15) is 0 Å². The first-order valence-corrected chi connectivity index (χ1v) is 8.29. The highest BCUT2D eigenvalue weighted by molar-refractivity contribution is 5.91. The predicted octanol–water partition coefficient (Wildman–Crippen LogP) is 2.77. The Kier molecular flexibility index (Phi) is 4.93. The minimum absolute atomic E-state index is 0.105. The summed E-state index contributed by atoms with van der Waals surface area (Å²) in [6.07, 6.45) is 8.82. The van der Waals surface area contributed by atoms with Crippen LogP contribution >= 0.6 is 0 Å². The molecule has 1 aliphatic carbocycles. The van der Waals surface area contributed by atoms with E-state index in [2.05, 4.69) is 10.4 Å². The molecule has 0 atom stereocenters. The Bertz CT molecular complexity index is 733. The Labute approximate surface area is 140 Å². The van der Waals surface area contributed by atoms with Gasteiger partial charge in [-0.1, -0.05) is 31.4 Å². The lowest BCUT2D eigenvalue weighted by molar-refractivity contribution is -0.126. The molecule has 1 aliphatic rings. The van der Waals surface area contributed by atoms with Crippen molar-refractivity contribution in [1.29, 1.82) is 0 Å². The summed E-state index contributed by atoms with van der Waals surface area (Å²) in [5.41, 5.74) is 1.55. The highest BCUT2D eigenvalue weighted by Crippen LogP contribution is 2.23. The van der Waals surface area contributed by atoms with Crippen LogP contribution in [0.25, 0.3) is 5.69 Å². The lowest BCUT2D eigenvalue weighted by Crippen LogP contribution is -2.31. The molecule has 1 aromatic carbocycles.